The lowest BCUT2D eigenvalue weighted by molar-refractivity contribution is 0.0817. The van der Waals surface area contributed by atoms with Crippen molar-refractivity contribution in [2.75, 3.05) is 14.1 Å². The topological polar surface area (TPSA) is 144 Å². The summed E-state index contributed by atoms with van der Waals surface area (Å²) in [6.45, 7) is 6.72. The Bertz CT molecular complexity index is 1310. The highest BCUT2D eigenvalue weighted by Crippen LogP contribution is 2.33. The Balaban J connectivity index is 0.000000310. The van der Waals surface area contributed by atoms with E-state index in [2.05, 4.69) is 18.8 Å². The van der Waals surface area contributed by atoms with Crippen LogP contribution in [0.3, 0.4) is 0 Å². The van der Waals surface area contributed by atoms with Crippen LogP contribution < -0.4 is 11.5 Å². The predicted octanol–water partition coefficient (Wildman–Crippen LogP) is 3.80. The zero-order chi connectivity index (χ0) is 25.8. The Kier molecular flexibility index (Phi) is 8.71. The number of halogens is 1. The molecule has 11 heteroatoms. The van der Waals surface area contributed by atoms with Gasteiger partial charge >= 0.3 is 0 Å². The molecule has 0 aliphatic heterocycles. The number of nitrogens with two attached hydrogens (primary N) is 2. The average Bonchev–Trinajstić information content (AvgIpc) is 3.04. The van der Waals surface area contributed by atoms with Crippen molar-refractivity contribution in [2.45, 2.75) is 32.2 Å². The van der Waals surface area contributed by atoms with Crippen LogP contribution in [0.4, 0.5) is 5.69 Å². The van der Waals surface area contributed by atoms with Crippen LogP contribution in [0.2, 0.25) is 5.02 Å². The van der Waals surface area contributed by atoms with E-state index in [1.54, 1.807) is 37.2 Å². The van der Waals surface area contributed by atoms with Gasteiger partial charge in [-0.05, 0) is 43.2 Å². The summed E-state index contributed by atoms with van der Waals surface area (Å²) in [6, 6.07) is 11.3. The largest absolute Gasteiger partial charge is 0.370 e. The number of nitrogens with zero attached hydrogens (tertiary/aromatic N) is 3. The molecule has 34 heavy (non-hydrogen) atoms. The van der Waals surface area contributed by atoms with Crippen LogP contribution >= 0.6 is 11.6 Å². The minimum atomic E-state index is -4.02. The molecule has 0 fully saturated rings. The van der Waals surface area contributed by atoms with Gasteiger partial charge in [0.2, 0.25) is 0 Å². The van der Waals surface area contributed by atoms with Gasteiger partial charge in [0, 0.05) is 26.0 Å². The molecule has 1 amide bonds. The molecule has 3 rings (SSSR count). The summed E-state index contributed by atoms with van der Waals surface area (Å²) in [7, 11) is -0.563. The minimum Gasteiger partial charge on any atom is -0.370 e. The second-order valence-electron chi connectivity index (χ2n) is 8.42. The zero-order valence-electron chi connectivity index (χ0n) is 19.8. The molecule has 0 atom stereocenters. The maximum absolute atomic E-state index is 12.5. The van der Waals surface area contributed by atoms with Crippen molar-refractivity contribution in [1.29, 1.82) is 0 Å². The molecule has 3 aromatic rings. The second-order valence-corrected chi connectivity index (χ2v) is 10.3. The number of guanidine groups is 1. The van der Waals surface area contributed by atoms with E-state index in [0.717, 1.165) is 16.5 Å². The lowest BCUT2D eigenvalue weighted by Crippen LogP contribution is -2.25. The first-order valence-corrected chi connectivity index (χ1v) is 12.2. The Morgan fingerprint density at radius 2 is 1.74 bits per heavy atom. The number of hydrogen-bond acceptors (Lipinski definition) is 4. The van der Waals surface area contributed by atoms with Crippen LogP contribution in [0.5, 0.6) is 0 Å². The fourth-order valence-electron chi connectivity index (χ4n) is 3.23. The second kappa shape index (κ2) is 10.9. The van der Waals surface area contributed by atoms with Crippen LogP contribution in [-0.4, -0.2) is 48.4 Å². The lowest BCUT2D eigenvalue weighted by atomic mass is 10.2. The normalized spacial score (nSPS) is 11.2. The first-order valence-electron chi connectivity index (χ1n) is 10.4. The van der Waals surface area contributed by atoms with E-state index in [1.165, 1.54) is 12.1 Å². The molecular formula is C23H30ClN5O4S. The summed E-state index contributed by atoms with van der Waals surface area (Å²) in [5.41, 5.74) is 13.8. The van der Waals surface area contributed by atoms with Crippen molar-refractivity contribution in [3.8, 4) is 0 Å². The van der Waals surface area contributed by atoms with Crippen molar-refractivity contribution in [3.05, 3.63) is 58.7 Å². The van der Waals surface area contributed by atoms with E-state index >= 15 is 0 Å². The van der Waals surface area contributed by atoms with Crippen LogP contribution in [-0.2, 0) is 16.7 Å². The Hall–Kier alpha value is -3.08. The predicted molar refractivity (Wildman–Crippen MR) is 136 cm³/mol. The van der Waals surface area contributed by atoms with Crippen LogP contribution in [0.15, 0.2) is 52.4 Å². The maximum Gasteiger partial charge on any atom is 0.294 e. The van der Waals surface area contributed by atoms with Gasteiger partial charge in [-0.25, -0.2) is 4.99 Å². The van der Waals surface area contributed by atoms with E-state index in [9.17, 15) is 13.2 Å². The average molecular weight is 508 g/mol. The number of carbonyl (C=O) groups excluding carboxylic acids is 1. The first kappa shape index (κ1) is 27.2. The number of rotatable bonds is 5. The van der Waals surface area contributed by atoms with Gasteiger partial charge in [0.1, 0.15) is 5.69 Å². The van der Waals surface area contributed by atoms with Crippen LogP contribution in [0, 0.1) is 12.8 Å². The maximum atomic E-state index is 12.5. The number of hydrogen-bond donors (Lipinski definition) is 3. The summed E-state index contributed by atoms with van der Waals surface area (Å²) in [5, 5.41) is 1.35. The number of carbonyl (C=O) groups is 1. The molecule has 0 saturated carbocycles. The van der Waals surface area contributed by atoms with Gasteiger partial charge in [-0.2, -0.15) is 8.42 Å². The van der Waals surface area contributed by atoms with Crippen LogP contribution in [0.1, 0.15) is 29.9 Å². The molecule has 0 bridgehead atoms. The standard InChI is InChI=1S/C16H22ClN5O.C7H8O3S/c1-9(2)8-22-13(15(23)21(3)4)6-10-5-11(20-16(18)19)7-12(17)14(10)22;1-6-2-4-7(5-3-6)11(8,9)10/h5-7,9H,8H2,1-4H3,(H4,18,19,20);2-5H,1H3,(H,8,9,10). The third kappa shape index (κ3) is 6.96. The summed E-state index contributed by atoms with van der Waals surface area (Å²) in [4.78, 5) is 18.0. The molecule has 0 radical (unpaired) electrons. The molecule has 0 unspecified atom stereocenters. The monoisotopic (exact) mass is 507 g/mol. The first-order chi connectivity index (χ1) is 15.7. The van der Waals surface area contributed by atoms with Gasteiger partial charge in [0.25, 0.3) is 16.0 Å². The smallest absolute Gasteiger partial charge is 0.294 e. The minimum absolute atomic E-state index is 0.0355. The van der Waals surface area contributed by atoms with Gasteiger partial charge in [-0.1, -0.05) is 43.1 Å². The van der Waals surface area contributed by atoms with E-state index < -0.39 is 10.1 Å². The van der Waals surface area contributed by atoms with E-state index in [-0.39, 0.29) is 16.8 Å². The molecule has 5 N–H and O–H groups in total. The van der Waals surface area contributed by atoms with Gasteiger partial charge in [0.15, 0.2) is 5.96 Å². The molecule has 0 spiro atoms. The third-order valence-corrected chi connectivity index (χ3v) is 5.84. The Morgan fingerprint density at radius 1 is 1.15 bits per heavy atom. The van der Waals surface area contributed by atoms with Crippen molar-refractivity contribution in [1.82, 2.24) is 9.47 Å². The molecule has 0 aliphatic rings. The van der Waals surface area contributed by atoms with Gasteiger partial charge in [0.05, 0.1) is 21.1 Å². The molecule has 184 valence electrons. The van der Waals surface area contributed by atoms with Crippen molar-refractivity contribution >= 4 is 50.2 Å². The number of benzene rings is 2. The molecule has 1 heterocycles. The number of fused-ring (bicyclic) bond motifs is 1. The molecule has 2 aromatic carbocycles. The van der Waals surface area contributed by atoms with Crippen molar-refractivity contribution in [2.24, 2.45) is 22.4 Å². The van der Waals surface area contributed by atoms with Gasteiger partial charge in [-0.15, -0.1) is 0 Å². The van der Waals surface area contributed by atoms with E-state index in [0.29, 0.717) is 28.9 Å². The Morgan fingerprint density at radius 3 is 2.21 bits per heavy atom. The summed E-state index contributed by atoms with van der Waals surface area (Å²) < 4.78 is 31.5. The summed E-state index contributed by atoms with van der Waals surface area (Å²) in [5.74, 6) is 0.265. The highest BCUT2D eigenvalue weighted by Gasteiger charge is 2.20. The fraction of sp³-hybridized carbons (Fsp3) is 0.304. The van der Waals surface area contributed by atoms with Gasteiger partial charge < -0.3 is 20.9 Å². The number of amides is 1. The van der Waals surface area contributed by atoms with Crippen LogP contribution in [0.25, 0.3) is 10.9 Å². The fourth-order valence-corrected chi connectivity index (χ4v) is 4.03. The molecule has 9 nitrogen and oxygen atoms in total. The Labute approximate surface area is 204 Å². The molecule has 0 aliphatic carbocycles. The quantitative estimate of drug-likeness (QED) is 0.272. The molecule has 0 saturated heterocycles. The van der Waals surface area contributed by atoms with Gasteiger partial charge in [-0.3, -0.25) is 9.35 Å². The molecular weight excluding hydrogens is 478 g/mol. The van der Waals surface area contributed by atoms with Crippen molar-refractivity contribution in [3.63, 3.8) is 0 Å². The summed E-state index contributed by atoms with van der Waals surface area (Å²) in [6.07, 6.45) is 0. The SMILES string of the molecule is CC(C)Cn1c(C(=O)N(C)C)cc2cc(N=C(N)N)cc(Cl)c21.Cc1ccc(S(=O)(=O)O)cc1. The number of aryl methyl sites for hydroxylation is 1. The lowest BCUT2D eigenvalue weighted by Gasteiger charge is -2.16. The zero-order valence-corrected chi connectivity index (χ0v) is 21.4. The highest BCUT2D eigenvalue weighted by molar-refractivity contribution is 7.85. The molecule has 1 aromatic heterocycles. The van der Waals surface area contributed by atoms with E-state index in [1.807, 2.05) is 23.6 Å². The number of aromatic nitrogens is 1. The third-order valence-electron chi connectivity index (χ3n) is 4.68. The summed E-state index contributed by atoms with van der Waals surface area (Å²) >= 11 is 6.44. The van der Waals surface area contributed by atoms with Crippen molar-refractivity contribution < 1.29 is 17.8 Å². The number of aliphatic imine (C=N–C) groups is 1. The van der Waals surface area contributed by atoms with E-state index in [4.69, 9.17) is 27.6 Å². The highest BCUT2D eigenvalue weighted by atomic mass is 35.5.